The first kappa shape index (κ1) is 13.4. The number of nitrogens with one attached hydrogen (secondary N) is 1. The molecule has 0 amide bonds. The van der Waals surface area contributed by atoms with Crippen molar-refractivity contribution >= 4 is 45.0 Å². The van der Waals surface area contributed by atoms with E-state index in [9.17, 15) is 9.59 Å². The quantitative estimate of drug-likeness (QED) is 0.800. The molecule has 0 fully saturated rings. The van der Waals surface area contributed by atoms with E-state index < -0.39 is 5.97 Å². The van der Waals surface area contributed by atoms with Gasteiger partial charge in [-0.25, -0.2) is 9.89 Å². The third-order valence-electron chi connectivity index (χ3n) is 1.98. The highest BCUT2D eigenvalue weighted by molar-refractivity contribution is 9.10. The van der Waals surface area contributed by atoms with Crippen molar-refractivity contribution in [2.45, 2.75) is 11.7 Å². The second-order valence-electron chi connectivity index (χ2n) is 3.31. The molecule has 0 bridgehead atoms. The summed E-state index contributed by atoms with van der Waals surface area (Å²) in [6.07, 6.45) is 0. The van der Waals surface area contributed by atoms with E-state index in [-0.39, 0.29) is 11.4 Å². The molecule has 2 aromatic heterocycles. The Hall–Kier alpha value is -1.06. The predicted octanol–water partition coefficient (Wildman–Crippen LogP) is 1.62. The maximum absolute atomic E-state index is 11.6. The van der Waals surface area contributed by atoms with Crippen molar-refractivity contribution in [1.82, 2.24) is 14.8 Å². The maximum Gasteiger partial charge on any atom is 0.344 e. The number of hydrogen-bond acceptors (Lipinski definition) is 5. The number of halogens is 1. The number of aromatic nitrogens is 3. The summed E-state index contributed by atoms with van der Waals surface area (Å²) >= 11 is 5.87. The van der Waals surface area contributed by atoms with E-state index in [0.717, 1.165) is 21.1 Å². The van der Waals surface area contributed by atoms with Gasteiger partial charge in [0.25, 0.3) is 0 Å². The second kappa shape index (κ2) is 5.72. The standard InChI is InChI=1S/C9H8BrN3O3S2/c10-5-1-6(17-3-5)2-13-8(16)11-12-9(13)18-4-7(14)15/h1,3H,2,4H2,(H,11,16)(H,14,15). The number of aliphatic carboxylic acids is 1. The molecule has 0 atom stereocenters. The number of H-pyrrole nitrogens is 1. The maximum atomic E-state index is 11.6. The highest BCUT2D eigenvalue weighted by Crippen LogP contribution is 2.21. The van der Waals surface area contributed by atoms with Crippen LogP contribution >= 0.6 is 39.0 Å². The van der Waals surface area contributed by atoms with E-state index in [1.165, 1.54) is 15.9 Å². The molecule has 0 aliphatic heterocycles. The molecule has 0 aliphatic carbocycles. The molecule has 0 aliphatic rings. The SMILES string of the molecule is O=C(O)CSc1n[nH]c(=O)n1Cc1cc(Br)cs1. The van der Waals surface area contributed by atoms with Crippen LogP contribution in [0.15, 0.2) is 25.9 Å². The van der Waals surface area contributed by atoms with Gasteiger partial charge in [-0.15, -0.1) is 16.4 Å². The summed E-state index contributed by atoms with van der Waals surface area (Å²) in [5.74, 6) is -1.07. The number of carboxylic acid groups (broad SMARTS) is 1. The molecule has 2 heterocycles. The summed E-state index contributed by atoms with van der Waals surface area (Å²) in [6, 6.07) is 1.91. The lowest BCUT2D eigenvalue weighted by Crippen LogP contribution is -2.18. The number of nitrogens with zero attached hydrogens (tertiary/aromatic N) is 2. The van der Waals surface area contributed by atoms with Crippen LogP contribution in [-0.4, -0.2) is 31.6 Å². The smallest absolute Gasteiger partial charge is 0.344 e. The fourth-order valence-electron chi connectivity index (χ4n) is 1.27. The summed E-state index contributed by atoms with van der Waals surface area (Å²) < 4.78 is 2.38. The van der Waals surface area contributed by atoms with E-state index >= 15 is 0 Å². The van der Waals surface area contributed by atoms with E-state index in [2.05, 4.69) is 26.1 Å². The highest BCUT2D eigenvalue weighted by atomic mass is 79.9. The van der Waals surface area contributed by atoms with Crippen molar-refractivity contribution in [2.75, 3.05) is 5.75 Å². The first-order chi connectivity index (χ1) is 8.56. The Morgan fingerprint density at radius 1 is 1.67 bits per heavy atom. The molecule has 0 spiro atoms. The van der Waals surface area contributed by atoms with Crippen LogP contribution < -0.4 is 5.69 Å². The van der Waals surface area contributed by atoms with Gasteiger partial charge in [0.05, 0.1) is 12.3 Å². The molecule has 2 N–H and O–H groups in total. The van der Waals surface area contributed by atoms with Gasteiger partial charge >= 0.3 is 11.7 Å². The third kappa shape index (κ3) is 3.24. The van der Waals surface area contributed by atoms with Crippen LogP contribution in [0.3, 0.4) is 0 Å². The lowest BCUT2D eigenvalue weighted by atomic mass is 10.5. The normalized spacial score (nSPS) is 10.7. The summed E-state index contributed by atoms with van der Waals surface area (Å²) in [7, 11) is 0. The van der Waals surface area contributed by atoms with Crippen LogP contribution in [0.25, 0.3) is 0 Å². The molecule has 2 aromatic rings. The fraction of sp³-hybridized carbons (Fsp3) is 0.222. The van der Waals surface area contributed by atoms with Crippen LogP contribution in [0.1, 0.15) is 4.88 Å². The first-order valence-electron chi connectivity index (χ1n) is 4.79. The molecule has 9 heteroatoms. The zero-order chi connectivity index (χ0) is 13.1. The molecule has 2 rings (SSSR count). The molecule has 6 nitrogen and oxygen atoms in total. The van der Waals surface area contributed by atoms with Gasteiger partial charge in [0.1, 0.15) is 0 Å². The fourth-order valence-corrected chi connectivity index (χ4v) is 3.38. The Morgan fingerprint density at radius 3 is 3.06 bits per heavy atom. The number of carbonyl (C=O) groups is 1. The average Bonchev–Trinajstić information content (AvgIpc) is 2.85. The number of aromatic amines is 1. The molecular formula is C9H8BrN3O3S2. The first-order valence-corrected chi connectivity index (χ1v) is 7.45. The molecule has 0 saturated heterocycles. The van der Waals surface area contributed by atoms with Crippen LogP contribution in [0.2, 0.25) is 0 Å². The van der Waals surface area contributed by atoms with Crippen molar-refractivity contribution in [3.05, 3.63) is 31.3 Å². The zero-order valence-corrected chi connectivity index (χ0v) is 12.1. The summed E-state index contributed by atoms with van der Waals surface area (Å²) in [6.45, 7) is 0.382. The minimum atomic E-state index is -0.944. The lowest BCUT2D eigenvalue weighted by molar-refractivity contribution is -0.133. The topological polar surface area (TPSA) is 88.0 Å². The molecule has 0 unspecified atom stereocenters. The Balaban J connectivity index is 2.18. The van der Waals surface area contributed by atoms with E-state index in [1.807, 2.05) is 11.4 Å². The second-order valence-corrected chi connectivity index (χ2v) is 6.17. The van der Waals surface area contributed by atoms with Gasteiger partial charge in [-0.1, -0.05) is 11.8 Å². The minimum absolute atomic E-state index is 0.127. The Morgan fingerprint density at radius 2 is 2.44 bits per heavy atom. The Kier molecular flexibility index (Phi) is 4.25. The van der Waals surface area contributed by atoms with E-state index in [4.69, 9.17) is 5.11 Å². The van der Waals surface area contributed by atoms with Crippen LogP contribution in [0, 0.1) is 0 Å². The number of thioether (sulfide) groups is 1. The van der Waals surface area contributed by atoms with Gasteiger partial charge < -0.3 is 5.11 Å². The summed E-state index contributed by atoms with van der Waals surface area (Å²) in [4.78, 5) is 23.1. The van der Waals surface area contributed by atoms with Crippen LogP contribution in [-0.2, 0) is 11.3 Å². The molecule has 0 aromatic carbocycles. The van der Waals surface area contributed by atoms with Gasteiger partial charge in [-0.05, 0) is 22.0 Å². The van der Waals surface area contributed by atoms with Gasteiger partial charge in [-0.3, -0.25) is 9.36 Å². The van der Waals surface area contributed by atoms with Crippen molar-refractivity contribution in [2.24, 2.45) is 0 Å². The van der Waals surface area contributed by atoms with Crippen molar-refractivity contribution in [3.8, 4) is 0 Å². The molecule has 0 saturated carbocycles. The zero-order valence-electron chi connectivity index (χ0n) is 8.92. The van der Waals surface area contributed by atoms with Crippen molar-refractivity contribution < 1.29 is 9.90 Å². The van der Waals surface area contributed by atoms with Crippen molar-refractivity contribution in [3.63, 3.8) is 0 Å². The van der Waals surface area contributed by atoms with Crippen LogP contribution in [0.4, 0.5) is 0 Å². The summed E-state index contributed by atoms with van der Waals surface area (Å²) in [5, 5.41) is 17.1. The van der Waals surface area contributed by atoms with Gasteiger partial charge in [-0.2, -0.15) is 0 Å². The Labute approximate surface area is 118 Å². The number of rotatable bonds is 5. The van der Waals surface area contributed by atoms with Crippen molar-refractivity contribution in [1.29, 1.82) is 0 Å². The Bertz CT molecular complexity index is 619. The number of hydrogen-bond donors (Lipinski definition) is 2. The van der Waals surface area contributed by atoms with E-state index in [1.54, 1.807) is 0 Å². The van der Waals surface area contributed by atoms with Gasteiger partial charge in [0.15, 0.2) is 5.16 Å². The van der Waals surface area contributed by atoms with E-state index in [0.29, 0.717) is 11.7 Å². The largest absolute Gasteiger partial charge is 0.481 e. The number of thiophene rings is 1. The molecule has 96 valence electrons. The van der Waals surface area contributed by atoms with Crippen LogP contribution in [0.5, 0.6) is 0 Å². The molecular weight excluding hydrogens is 342 g/mol. The highest BCUT2D eigenvalue weighted by Gasteiger charge is 2.12. The van der Waals surface area contributed by atoms with Gasteiger partial charge in [0, 0.05) is 14.7 Å². The molecule has 18 heavy (non-hydrogen) atoms. The third-order valence-corrected chi connectivity index (χ3v) is 4.63. The average molecular weight is 350 g/mol. The minimum Gasteiger partial charge on any atom is -0.481 e. The van der Waals surface area contributed by atoms with Gasteiger partial charge in [0.2, 0.25) is 0 Å². The predicted molar refractivity (Wildman–Crippen MR) is 72.3 cm³/mol. The monoisotopic (exact) mass is 349 g/mol. The number of carboxylic acids is 1. The summed E-state index contributed by atoms with van der Waals surface area (Å²) in [5.41, 5.74) is -0.340. The lowest BCUT2D eigenvalue weighted by Gasteiger charge is -2.01. The molecule has 0 radical (unpaired) electrons.